The topological polar surface area (TPSA) is 111 Å². The van der Waals surface area contributed by atoms with Crippen molar-refractivity contribution in [3.63, 3.8) is 0 Å². The highest BCUT2D eigenvalue weighted by Crippen LogP contribution is 2.28. The molecule has 1 aliphatic carbocycles. The van der Waals surface area contributed by atoms with Gasteiger partial charge in [0, 0.05) is 19.1 Å². The van der Waals surface area contributed by atoms with Gasteiger partial charge >= 0.3 is 5.97 Å². The van der Waals surface area contributed by atoms with Crippen LogP contribution in [0.3, 0.4) is 0 Å². The molecular weight excluding hydrogens is 363 g/mol. The van der Waals surface area contributed by atoms with E-state index < -0.39 is 39.4 Å². The molecular formula is C16H29FN4O4S. The first-order valence-electron chi connectivity index (χ1n) is 9.38. The molecule has 10 heteroatoms. The summed E-state index contributed by atoms with van der Waals surface area (Å²) in [6, 6.07) is -0.744. The predicted octanol–water partition coefficient (Wildman–Crippen LogP) is 0.0316. The number of rotatable bonds is 5. The first-order chi connectivity index (χ1) is 12.3. The molecule has 0 aromatic rings. The van der Waals surface area contributed by atoms with Gasteiger partial charge in [-0.15, -0.1) is 0 Å². The van der Waals surface area contributed by atoms with Crippen LogP contribution in [0.4, 0.5) is 4.39 Å². The van der Waals surface area contributed by atoms with E-state index in [-0.39, 0.29) is 32.0 Å². The summed E-state index contributed by atoms with van der Waals surface area (Å²) in [5.41, 5.74) is 3.16. The summed E-state index contributed by atoms with van der Waals surface area (Å²) in [4.78, 5) is 11.4. The fourth-order valence-electron chi connectivity index (χ4n) is 4.17. The summed E-state index contributed by atoms with van der Waals surface area (Å²) in [5, 5.41) is 14.0. The Morgan fingerprint density at radius 2 is 2.04 bits per heavy atom. The highest BCUT2D eigenvalue weighted by atomic mass is 32.2. The van der Waals surface area contributed by atoms with Crippen LogP contribution in [0.15, 0.2) is 0 Å². The van der Waals surface area contributed by atoms with Gasteiger partial charge in [0.15, 0.2) is 0 Å². The summed E-state index contributed by atoms with van der Waals surface area (Å²) in [6.07, 6.45) is 1.25. The van der Waals surface area contributed by atoms with Crippen LogP contribution in [0.25, 0.3) is 0 Å². The summed E-state index contributed by atoms with van der Waals surface area (Å²) >= 11 is 0. The molecule has 0 radical (unpaired) electrons. The maximum absolute atomic E-state index is 13.5. The zero-order valence-electron chi connectivity index (χ0n) is 15.0. The van der Waals surface area contributed by atoms with Crippen molar-refractivity contribution in [1.82, 2.24) is 20.5 Å². The number of nitrogens with zero attached hydrogens (tertiary/aromatic N) is 1. The van der Waals surface area contributed by atoms with E-state index in [1.807, 2.05) is 5.01 Å². The SMILES string of the molecule is CC1CCNC(N2CC(S(=O)(=O)NC3CCC(F)CC3C(=O)O)CN2)C1. The minimum atomic E-state index is -3.70. The zero-order valence-corrected chi connectivity index (χ0v) is 15.8. The Kier molecular flexibility index (Phi) is 6.18. The second kappa shape index (κ2) is 8.05. The van der Waals surface area contributed by atoms with E-state index in [1.54, 1.807) is 0 Å². The molecule has 0 spiro atoms. The number of hydrogen-bond donors (Lipinski definition) is 4. The number of halogens is 1. The third kappa shape index (κ3) is 4.53. The first-order valence-corrected chi connectivity index (χ1v) is 10.9. The van der Waals surface area contributed by atoms with Gasteiger partial charge in [0.05, 0.1) is 12.1 Å². The van der Waals surface area contributed by atoms with Gasteiger partial charge in [0.2, 0.25) is 10.0 Å². The molecule has 1 saturated carbocycles. The van der Waals surface area contributed by atoms with E-state index in [9.17, 15) is 22.7 Å². The van der Waals surface area contributed by atoms with Gasteiger partial charge in [-0.2, -0.15) is 0 Å². The molecule has 6 unspecified atom stereocenters. The maximum Gasteiger partial charge on any atom is 0.308 e. The van der Waals surface area contributed by atoms with E-state index >= 15 is 0 Å². The number of nitrogens with one attached hydrogen (secondary N) is 3. The molecule has 150 valence electrons. The number of carbonyl (C=O) groups is 1. The smallest absolute Gasteiger partial charge is 0.308 e. The molecule has 26 heavy (non-hydrogen) atoms. The molecule has 0 aromatic heterocycles. The minimum absolute atomic E-state index is 0.104. The largest absolute Gasteiger partial charge is 0.481 e. The van der Waals surface area contributed by atoms with Crippen LogP contribution >= 0.6 is 0 Å². The molecule has 6 atom stereocenters. The maximum atomic E-state index is 13.5. The minimum Gasteiger partial charge on any atom is -0.481 e. The van der Waals surface area contributed by atoms with Crippen LogP contribution in [0.2, 0.25) is 0 Å². The van der Waals surface area contributed by atoms with Crippen molar-refractivity contribution in [3.8, 4) is 0 Å². The van der Waals surface area contributed by atoms with Crippen molar-refractivity contribution in [2.75, 3.05) is 19.6 Å². The third-order valence-corrected chi connectivity index (χ3v) is 7.62. The highest BCUT2D eigenvalue weighted by Gasteiger charge is 2.42. The molecule has 0 amide bonds. The van der Waals surface area contributed by atoms with Crippen LogP contribution in [-0.4, -0.2) is 67.8 Å². The van der Waals surface area contributed by atoms with Gasteiger partial charge < -0.3 is 10.4 Å². The lowest BCUT2D eigenvalue weighted by molar-refractivity contribution is -0.144. The summed E-state index contributed by atoms with van der Waals surface area (Å²) < 4.78 is 41.6. The van der Waals surface area contributed by atoms with Gasteiger partial charge in [-0.3, -0.25) is 10.2 Å². The van der Waals surface area contributed by atoms with Gasteiger partial charge in [0.1, 0.15) is 11.4 Å². The number of piperidine rings is 1. The van der Waals surface area contributed by atoms with Crippen LogP contribution in [0.5, 0.6) is 0 Å². The average molecular weight is 392 g/mol. The number of aliphatic carboxylic acids is 1. The molecule has 3 rings (SSSR count). The Balaban J connectivity index is 1.60. The second-order valence-electron chi connectivity index (χ2n) is 7.86. The fraction of sp³-hybridized carbons (Fsp3) is 0.938. The number of sulfonamides is 1. The van der Waals surface area contributed by atoms with Crippen molar-refractivity contribution in [2.45, 2.75) is 62.7 Å². The monoisotopic (exact) mass is 392 g/mol. The van der Waals surface area contributed by atoms with Crippen molar-refractivity contribution < 1.29 is 22.7 Å². The van der Waals surface area contributed by atoms with Gasteiger partial charge in [0.25, 0.3) is 0 Å². The lowest BCUT2D eigenvalue weighted by Crippen LogP contribution is -2.53. The van der Waals surface area contributed by atoms with E-state index in [4.69, 9.17) is 0 Å². The standard InChI is InChI=1S/C16H29FN4O4S/c1-10-4-5-18-15(6-10)21-9-12(8-19-21)26(24,25)20-14-3-2-11(17)7-13(14)16(22)23/h10-15,18-20H,2-9H2,1H3,(H,22,23). The Morgan fingerprint density at radius 1 is 1.27 bits per heavy atom. The van der Waals surface area contributed by atoms with Crippen LogP contribution in [-0.2, 0) is 14.8 Å². The zero-order chi connectivity index (χ0) is 18.9. The van der Waals surface area contributed by atoms with Gasteiger partial charge in [-0.05, 0) is 44.6 Å². The molecule has 2 heterocycles. The predicted molar refractivity (Wildman–Crippen MR) is 94.4 cm³/mol. The van der Waals surface area contributed by atoms with Crippen molar-refractivity contribution in [2.24, 2.45) is 11.8 Å². The molecule has 2 saturated heterocycles. The van der Waals surface area contributed by atoms with Crippen LogP contribution in [0, 0.1) is 11.8 Å². The van der Waals surface area contributed by atoms with E-state index in [1.165, 1.54) is 0 Å². The molecule has 8 nitrogen and oxygen atoms in total. The summed E-state index contributed by atoms with van der Waals surface area (Å²) in [7, 11) is -3.70. The normalized spacial score (nSPS) is 39.8. The molecule has 0 bridgehead atoms. The average Bonchev–Trinajstić information content (AvgIpc) is 3.07. The molecule has 3 fully saturated rings. The van der Waals surface area contributed by atoms with Gasteiger partial charge in [-0.1, -0.05) is 6.92 Å². The van der Waals surface area contributed by atoms with Crippen molar-refractivity contribution >= 4 is 16.0 Å². The second-order valence-corrected chi connectivity index (χ2v) is 9.85. The Morgan fingerprint density at radius 3 is 2.73 bits per heavy atom. The highest BCUT2D eigenvalue weighted by molar-refractivity contribution is 7.90. The van der Waals surface area contributed by atoms with E-state index in [0.717, 1.165) is 19.4 Å². The quantitative estimate of drug-likeness (QED) is 0.522. The molecule has 4 N–H and O–H groups in total. The molecule has 2 aliphatic heterocycles. The first kappa shape index (κ1) is 19.9. The number of hydrogen-bond acceptors (Lipinski definition) is 6. The third-order valence-electron chi connectivity index (χ3n) is 5.80. The van der Waals surface area contributed by atoms with Crippen molar-refractivity contribution in [1.29, 1.82) is 0 Å². The number of alkyl halides is 1. The Labute approximate surface area is 153 Å². The lowest BCUT2D eigenvalue weighted by atomic mass is 9.84. The van der Waals surface area contributed by atoms with E-state index in [2.05, 4.69) is 22.4 Å². The summed E-state index contributed by atoms with van der Waals surface area (Å²) in [5.74, 6) is -1.57. The number of hydrazine groups is 1. The van der Waals surface area contributed by atoms with Crippen LogP contribution in [0.1, 0.15) is 39.0 Å². The Bertz CT molecular complexity index is 619. The van der Waals surface area contributed by atoms with E-state index in [0.29, 0.717) is 12.5 Å². The number of carboxylic acids is 1. The lowest BCUT2D eigenvalue weighted by Gasteiger charge is -2.35. The molecule has 3 aliphatic rings. The molecule has 0 aromatic carbocycles. The summed E-state index contributed by atoms with van der Waals surface area (Å²) in [6.45, 7) is 3.73. The van der Waals surface area contributed by atoms with Crippen molar-refractivity contribution in [3.05, 3.63) is 0 Å². The number of carboxylic acid groups (broad SMARTS) is 1. The Hall–Kier alpha value is -0.810. The van der Waals surface area contributed by atoms with Gasteiger partial charge in [-0.25, -0.2) is 22.5 Å². The van der Waals surface area contributed by atoms with Crippen LogP contribution < -0.4 is 15.5 Å². The fourth-order valence-corrected chi connectivity index (χ4v) is 5.72.